The van der Waals surface area contributed by atoms with Crippen molar-refractivity contribution in [2.45, 2.75) is 40.3 Å². The molecule has 0 saturated heterocycles. The van der Waals surface area contributed by atoms with Crippen molar-refractivity contribution >= 4 is 5.97 Å². The van der Waals surface area contributed by atoms with Crippen molar-refractivity contribution in [3.8, 4) is 0 Å². The van der Waals surface area contributed by atoms with E-state index in [0.29, 0.717) is 12.5 Å². The van der Waals surface area contributed by atoms with Crippen LogP contribution in [0.15, 0.2) is 30.3 Å². The fraction of sp³-hybridized carbons (Fsp3) is 0.562. The second kappa shape index (κ2) is 7.95. The van der Waals surface area contributed by atoms with Gasteiger partial charge in [0, 0.05) is 12.6 Å². The molecule has 0 aromatic heterocycles. The van der Waals surface area contributed by atoms with Gasteiger partial charge in [-0.05, 0) is 18.4 Å². The average Bonchev–Trinajstić information content (AvgIpc) is 2.39. The molecule has 0 aliphatic carbocycles. The molecule has 0 radical (unpaired) electrons. The van der Waals surface area contributed by atoms with E-state index in [2.05, 4.69) is 31.3 Å². The van der Waals surface area contributed by atoms with Gasteiger partial charge in [-0.3, -0.25) is 4.79 Å². The molecular weight excluding hydrogens is 238 g/mol. The first-order valence-corrected chi connectivity index (χ1v) is 7.00. The number of hydrogen-bond acceptors (Lipinski definition) is 3. The van der Waals surface area contributed by atoms with Gasteiger partial charge in [0.2, 0.25) is 0 Å². The summed E-state index contributed by atoms with van der Waals surface area (Å²) in [7, 11) is 0. The van der Waals surface area contributed by atoms with Crippen LogP contribution in [0.3, 0.4) is 0 Å². The molecule has 3 nitrogen and oxygen atoms in total. The fourth-order valence-corrected chi connectivity index (χ4v) is 2.24. The number of hydrogen-bond donors (Lipinski definition) is 1. The molecule has 106 valence electrons. The Kier molecular flexibility index (Phi) is 6.57. The zero-order chi connectivity index (χ0) is 14.3. The quantitative estimate of drug-likeness (QED) is 0.769. The molecule has 2 atom stereocenters. The number of carbonyl (C=O) groups is 1. The smallest absolute Gasteiger partial charge is 0.310 e. The molecule has 0 bridgehead atoms. The van der Waals surface area contributed by atoms with E-state index < -0.39 is 0 Å². The maximum atomic E-state index is 11.8. The highest BCUT2D eigenvalue weighted by Gasteiger charge is 2.27. The molecule has 0 fully saturated rings. The van der Waals surface area contributed by atoms with Gasteiger partial charge in [0.15, 0.2) is 0 Å². The number of carbonyl (C=O) groups excluding carboxylic acids is 1. The van der Waals surface area contributed by atoms with E-state index in [4.69, 9.17) is 4.74 Å². The Morgan fingerprint density at radius 1 is 1.21 bits per heavy atom. The van der Waals surface area contributed by atoms with Crippen LogP contribution in [0.1, 0.15) is 33.3 Å². The maximum Gasteiger partial charge on any atom is 0.310 e. The summed E-state index contributed by atoms with van der Waals surface area (Å²) in [6, 6.07) is 10.3. The molecule has 19 heavy (non-hydrogen) atoms. The van der Waals surface area contributed by atoms with Crippen molar-refractivity contribution in [1.29, 1.82) is 0 Å². The zero-order valence-corrected chi connectivity index (χ0v) is 12.3. The highest BCUT2D eigenvalue weighted by molar-refractivity contribution is 5.72. The van der Waals surface area contributed by atoms with Gasteiger partial charge < -0.3 is 10.1 Å². The molecule has 0 spiro atoms. The van der Waals surface area contributed by atoms with Crippen LogP contribution in [0.2, 0.25) is 0 Å². The Labute approximate surface area is 116 Å². The first kappa shape index (κ1) is 15.7. The van der Waals surface area contributed by atoms with Crippen LogP contribution in [0.25, 0.3) is 0 Å². The average molecular weight is 263 g/mol. The third-order valence-corrected chi connectivity index (χ3v) is 3.30. The number of benzene rings is 1. The predicted molar refractivity (Wildman–Crippen MR) is 77.7 cm³/mol. The van der Waals surface area contributed by atoms with Crippen molar-refractivity contribution in [2.75, 3.05) is 6.61 Å². The van der Waals surface area contributed by atoms with E-state index in [-0.39, 0.29) is 17.9 Å². The lowest BCUT2D eigenvalue weighted by molar-refractivity contribution is -0.148. The molecule has 0 aliphatic rings. The van der Waals surface area contributed by atoms with E-state index in [1.54, 1.807) is 0 Å². The van der Waals surface area contributed by atoms with Crippen LogP contribution < -0.4 is 5.32 Å². The van der Waals surface area contributed by atoms with Crippen molar-refractivity contribution in [3.63, 3.8) is 0 Å². The Hall–Kier alpha value is -1.35. The second-order valence-electron chi connectivity index (χ2n) is 5.18. The topological polar surface area (TPSA) is 38.3 Å². The Balaban J connectivity index is 2.60. The number of rotatable bonds is 7. The van der Waals surface area contributed by atoms with Crippen molar-refractivity contribution in [1.82, 2.24) is 5.32 Å². The van der Waals surface area contributed by atoms with E-state index >= 15 is 0 Å². The fourth-order valence-electron chi connectivity index (χ4n) is 2.24. The van der Waals surface area contributed by atoms with E-state index in [1.807, 2.05) is 32.0 Å². The standard InChI is InChI=1S/C16H25NO2/c1-5-19-16(18)13(4)15(12(2)3)17-11-14-9-7-6-8-10-14/h6-10,12-13,15,17H,5,11H2,1-4H3/t13-,15+/m0/s1. The molecule has 3 heteroatoms. The first-order valence-electron chi connectivity index (χ1n) is 7.00. The molecule has 0 aliphatic heterocycles. The summed E-state index contributed by atoms with van der Waals surface area (Å²) in [4.78, 5) is 11.8. The highest BCUT2D eigenvalue weighted by Crippen LogP contribution is 2.15. The lowest BCUT2D eigenvalue weighted by Crippen LogP contribution is -2.42. The van der Waals surface area contributed by atoms with Crippen LogP contribution in [0.5, 0.6) is 0 Å². The van der Waals surface area contributed by atoms with Gasteiger partial charge in [0.25, 0.3) is 0 Å². The van der Waals surface area contributed by atoms with Gasteiger partial charge >= 0.3 is 5.97 Å². The summed E-state index contributed by atoms with van der Waals surface area (Å²) in [5.41, 5.74) is 1.23. The third kappa shape index (κ3) is 5.03. The summed E-state index contributed by atoms with van der Waals surface area (Å²) < 4.78 is 5.11. The Morgan fingerprint density at radius 3 is 2.37 bits per heavy atom. The summed E-state index contributed by atoms with van der Waals surface area (Å²) >= 11 is 0. The van der Waals surface area contributed by atoms with Gasteiger partial charge in [-0.25, -0.2) is 0 Å². The zero-order valence-electron chi connectivity index (χ0n) is 12.3. The molecule has 1 aromatic rings. The van der Waals surface area contributed by atoms with Gasteiger partial charge in [-0.15, -0.1) is 0 Å². The van der Waals surface area contributed by atoms with Crippen LogP contribution in [-0.2, 0) is 16.1 Å². The van der Waals surface area contributed by atoms with E-state index in [9.17, 15) is 4.79 Å². The van der Waals surface area contributed by atoms with E-state index in [0.717, 1.165) is 6.54 Å². The third-order valence-electron chi connectivity index (χ3n) is 3.30. The second-order valence-corrected chi connectivity index (χ2v) is 5.18. The summed E-state index contributed by atoms with van der Waals surface area (Å²) in [6.45, 7) is 9.23. The van der Waals surface area contributed by atoms with E-state index in [1.165, 1.54) is 5.56 Å². The van der Waals surface area contributed by atoms with Crippen LogP contribution in [0, 0.1) is 11.8 Å². The first-order chi connectivity index (χ1) is 9.06. The van der Waals surface area contributed by atoms with Gasteiger partial charge in [0.05, 0.1) is 12.5 Å². The van der Waals surface area contributed by atoms with Crippen LogP contribution in [-0.4, -0.2) is 18.6 Å². The lowest BCUT2D eigenvalue weighted by Gasteiger charge is -2.27. The summed E-state index contributed by atoms with van der Waals surface area (Å²) in [5, 5.41) is 3.47. The van der Waals surface area contributed by atoms with Crippen molar-refractivity contribution in [3.05, 3.63) is 35.9 Å². The minimum absolute atomic E-state index is 0.123. The highest BCUT2D eigenvalue weighted by atomic mass is 16.5. The van der Waals surface area contributed by atoms with Crippen molar-refractivity contribution < 1.29 is 9.53 Å². The number of nitrogens with one attached hydrogen (secondary N) is 1. The maximum absolute atomic E-state index is 11.8. The normalized spacial score (nSPS) is 14.2. The summed E-state index contributed by atoms with van der Waals surface area (Å²) in [6.07, 6.45) is 0. The molecule has 1 rings (SSSR count). The molecular formula is C16H25NO2. The monoisotopic (exact) mass is 263 g/mol. The minimum atomic E-state index is -0.135. The molecule has 1 aromatic carbocycles. The molecule has 0 saturated carbocycles. The van der Waals surface area contributed by atoms with Gasteiger partial charge in [-0.1, -0.05) is 51.1 Å². The Morgan fingerprint density at radius 2 is 1.84 bits per heavy atom. The van der Waals surface area contributed by atoms with Crippen LogP contribution >= 0.6 is 0 Å². The lowest BCUT2D eigenvalue weighted by atomic mass is 9.91. The SMILES string of the molecule is CCOC(=O)[C@@H](C)[C@H](NCc1ccccc1)C(C)C. The van der Waals surface area contributed by atoms with Gasteiger partial charge in [0.1, 0.15) is 0 Å². The number of esters is 1. The van der Waals surface area contributed by atoms with Gasteiger partial charge in [-0.2, -0.15) is 0 Å². The molecule has 0 heterocycles. The predicted octanol–water partition coefficient (Wildman–Crippen LogP) is 3.00. The molecule has 0 amide bonds. The molecule has 1 N–H and O–H groups in total. The van der Waals surface area contributed by atoms with Crippen molar-refractivity contribution in [2.24, 2.45) is 11.8 Å². The minimum Gasteiger partial charge on any atom is -0.466 e. The molecule has 0 unspecified atom stereocenters. The number of ether oxygens (including phenoxy) is 1. The summed E-state index contributed by atoms with van der Waals surface area (Å²) in [5.74, 6) is 0.119. The van der Waals surface area contributed by atoms with Crippen LogP contribution in [0.4, 0.5) is 0 Å². The Bertz CT molecular complexity index is 376. The largest absolute Gasteiger partial charge is 0.466 e.